The summed E-state index contributed by atoms with van der Waals surface area (Å²) in [5.74, 6) is -1.28. The number of carbonyl (C=O) groups is 1. The highest BCUT2D eigenvalue weighted by atomic mass is 32.2. The average Bonchev–Trinajstić information content (AvgIpc) is 3.44. The molecule has 9 heteroatoms. The third-order valence-corrected chi connectivity index (χ3v) is 7.51. The van der Waals surface area contributed by atoms with E-state index >= 15 is 0 Å². The fourth-order valence-corrected chi connectivity index (χ4v) is 5.40. The number of thiophene rings is 1. The number of fused-ring (bicyclic) bond motifs is 1. The van der Waals surface area contributed by atoms with E-state index in [2.05, 4.69) is 9.71 Å². The molecular weight excluding hydrogens is 476 g/mol. The molecule has 0 saturated heterocycles. The van der Waals surface area contributed by atoms with E-state index in [1.165, 1.54) is 12.1 Å². The Kier molecular flexibility index (Phi) is 6.32. The Labute approximate surface area is 203 Å². The first-order valence-corrected chi connectivity index (χ1v) is 12.1. The zero-order valence-electron chi connectivity index (χ0n) is 17.8. The van der Waals surface area contributed by atoms with E-state index in [-0.39, 0.29) is 17.4 Å². The summed E-state index contributed by atoms with van der Waals surface area (Å²) in [7, 11) is 0. The van der Waals surface area contributed by atoms with E-state index in [9.17, 15) is 13.6 Å². The van der Waals surface area contributed by atoms with Crippen molar-refractivity contribution in [3.05, 3.63) is 89.8 Å². The molecule has 172 valence electrons. The summed E-state index contributed by atoms with van der Waals surface area (Å²) in [6, 6.07) is 15.3. The Morgan fingerprint density at radius 1 is 1.03 bits per heavy atom. The van der Waals surface area contributed by atoms with Gasteiger partial charge in [-0.3, -0.25) is 9.78 Å². The van der Waals surface area contributed by atoms with Crippen LogP contribution >= 0.6 is 23.3 Å². The van der Waals surface area contributed by atoms with Crippen molar-refractivity contribution in [2.75, 3.05) is 17.9 Å². The molecule has 1 aliphatic rings. The van der Waals surface area contributed by atoms with Crippen LogP contribution in [0.3, 0.4) is 0 Å². The molecule has 5 nitrogen and oxygen atoms in total. The van der Waals surface area contributed by atoms with Gasteiger partial charge in [-0.2, -0.15) is 0 Å². The summed E-state index contributed by atoms with van der Waals surface area (Å²) in [5, 5.41) is 9.17. The summed E-state index contributed by atoms with van der Waals surface area (Å²) >= 11 is 2.66. The third-order valence-electron chi connectivity index (χ3n) is 5.44. The number of pyridine rings is 1. The molecular formula is C25H19F2N3O2S2. The molecule has 0 radical (unpaired) electrons. The molecule has 2 aromatic carbocycles. The number of aromatic nitrogens is 1. The van der Waals surface area contributed by atoms with Crippen LogP contribution < -0.4 is 4.72 Å². The average molecular weight is 496 g/mol. The van der Waals surface area contributed by atoms with Crippen molar-refractivity contribution < 1.29 is 18.7 Å². The van der Waals surface area contributed by atoms with Gasteiger partial charge in [0.15, 0.2) is 0 Å². The van der Waals surface area contributed by atoms with E-state index in [4.69, 9.17) is 5.11 Å². The molecule has 4 aromatic rings. The number of benzene rings is 2. The van der Waals surface area contributed by atoms with Crippen LogP contribution in [0.25, 0.3) is 20.9 Å². The highest BCUT2D eigenvalue weighted by Gasteiger charge is 2.27. The summed E-state index contributed by atoms with van der Waals surface area (Å²) in [6.07, 6.45) is 3.40. The van der Waals surface area contributed by atoms with Gasteiger partial charge in [-0.05, 0) is 65.5 Å². The summed E-state index contributed by atoms with van der Waals surface area (Å²) in [6.45, 7) is 0.778. The Morgan fingerprint density at radius 3 is 2.65 bits per heavy atom. The van der Waals surface area contributed by atoms with Crippen molar-refractivity contribution in [2.45, 2.75) is 11.4 Å². The van der Waals surface area contributed by atoms with Gasteiger partial charge < -0.3 is 14.7 Å². The standard InChI is InChI=1S/C25H19F2N3O2S2/c26-18-2-4-24(21(27)11-18)34-29-19-10-16(12-28-13-19)23-6-5-22(33-23)15-1-3-20-17(9-15)14-30(7-8-31)25(20)32/h1-6,9-13,29,31H,7-8,14H2. The Hall–Kier alpha value is -3.27. The van der Waals surface area contributed by atoms with E-state index in [0.29, 0.717) is 24.3 Å². The molecule has 0 atom stereocenters. The van der Waals surface area contributed by atoms with Gasteiger partial charge in [0.1, 0.15) is 11.6 Å². The number of aliphatic hydroxyl groups excluding tert-OH is 1. The molecule has 34 heavy (non-hydrogen) atoms. The topological polar surface area (TPSA) is 65.5 Å². The predicted octanol–water partition coefficient (Wildman–Crippen LogP) is 5.82. The van der Waals surface area contributed by atoms with Gasteiger partial charge in [0, 0.05) is 46.2 Å². The number of halogens is 2. The van der Waals surface area contributed by atoms with E-state index in [1.54, 1.807) is 28.6 Å². The summed E-state index contributed by atoms with van der Waals surface area (Å²) in [5.41, 5.74) is 4.28. The van der Waals surface area contributed by atoms with Gasteiger partial charge in [0.05, 0.1) is 23.4 Å². The molecule has 0 saturated carbocycles. The van der Waals surface area contributed by atoms with Crippen molar-refractivity contribution in [3.63, 3.8) is 0 Å². The van der Waals surface area contributed by atoms with Gasteiger partial charge >= 0.3 is 0 Å². The van der Waals surface area contributed by atoms with Crippen molar-refractivity contribution in [3.8, 4) is 20.9 Å². The second-order valence-electron chi connectivity index (χ2n) is 7.73. The summed E-state index contributed by atoms with van der Waals surface area (Å²) in [4.78, 5) is 20.7. The minimum Gasteiger partial charge on any atom is -0.395 e. The van der Waals surface area contributed by atoms with Gasteiger partial charge in [-0.1, -0.05) is 6.07 Å². The molecule has 2 aromatic heterocycles. The van der Waals surface area contributed by atoms with Crippen molar-refractivity contribution >= 4 is 34.9 Å². The second kappa shape index (κ2) is 9.54. The van der Waals surface area contributed by atoms with Gasteiger partial charge in [-0.15, -0.1) is 11.3 Å². The van der Waals surface area contributed by atoms with Gasteiger partial charge in [0.2, 0.25) is 0 Å². The number of β-amino-alcohol motifs (C(OH)–C–C–N with tert-alkyl or cyclic N) is 1. The number of rotatable bonds is 7. The highest BCUT2D eigenvalue weighted by Crippen LogP contribution is 2.37. The maximum Gasteiger partial charge on any atom is 0.254 e. The monoisotopic (exact) mass is 495 g/mol. The lowest BCUT2D eigenvalue weighted by atomic mass is 10.1. The molecule has 5 rings (SSSR count). The highest BCUT2D eigenvalue weighted by molar-refractivity contribution is 8.00. The number of aliphatic hydroxyl groups is 1. The molecule has 0 fully saturated rings. The molecule has 3 heterocycles. The Morgan fingerprint density at radius 2 is 1.85 bits per heavy atom. The molecule has 2 N–H and O–H groups in total. The SMILES string of the molecule is O=C1c2ccc(-c3ccc(-c4cncc(NSc5ccc(F)cc5F)c4)s3)cc2CN1CCO. The quantitative estimate of drug-likeness (QED) is 0.316. The van der Waals surface area contributed by atoms with Crippen LogP contribution in [0, 0.1) is 11.6 Å². The minimum atomic E-state index is -0.625. The smallest absolute Gasteiger partial charge is 0.254 e. The molecule has 0 aliphatic carbocycles. The normalized spacial score (nSPS) is 12.8. The summed E-state index contributed by atoms with van der Waals surface area (Å²) < 4.78 is 30.0. The zero-order chi connectivity index (χ0) is 23.7. The van der Waals surface area contributed by atoms with E-state index < -0.39 is 11.6 Å². The first-order valence-electron chi connectivity index (χ1n) is 10.5. The molecule has 1 aliphatic heterocycles. The van der Waals surface area contributed by atoms with Gasteiger partial charge in [0.25, 0.3) is 5.91 Å². The van der Waals surface area contributed by atoms with Crippen LogP contribution in [0.4, 0.5) is 14.5 Å². The lowest BCUT2D eigenvalue weighted by molar-refractivity contribution is 0.0745. The Balaban J connectivity index is 1.33. The number of carbonyl (C=O) groups excluding carboxylic acids is 1. The molecule has 1 amide bonds. The number of hydrogen-bond acceptors (Lipinski definition) is 6. The molecule has 0 unspecified atom stereocenters. The van der Waals surface area contributed by atoms with Crippen molar-refractivity contribution in [1.29, 1.82) is 0 Å². The number of nitrogens with one attached hydrogen (secondary N) is 1. The molecule has 0 bridgehead atoms. The Bertz CT molecular complexity index is 1380. The van der Waals surface area contributed by atoms with Crippen LogP contribution in [0.1, 0.15) is 15.9 Å². The lowest BCUT2D eigenvalue weighted by Gasteiger charge is -2.12. The lowest BCUT2D eigenvalue weighted by Crippen LogP contribution is -2.26. The number of anilines is 1. The number of nitrogens with zero attached hydrogens (tertiary/aromatic N) is 2. The van der Waals surface area contributed by atoms with Gasteiger partial charge in [-0.25, -0.2) is 8.78 Å². The van der Waals surface area contributed by atoms with Crippen LogP contribution in [0.5, 0.6) is 0 Å². The first kappa shape index (κ1) is 22.5. The third kappa shape index (κ3) is 4.54. The van der Waals surface area contributed by atoms with Crippen LogP contribution in [-0.4, -0.2) is 34.0 Å². The van der Waals surface area contributed by atoms with Crippen molar-refractivity contribution in [1.82, 2.24) is 9.88 Å². The fraction of sp³-hybridized carbons (Fsp3) is 0.120. The second-order valence-corrected chi connectivity index (χ2v) is 9.66. The van der Waals surface area contributed by atoms with Crippen LogP contribution in [0.15, 0.2) is 71.9 Å². The largest absolute Gasteiger partial charge is 0.395 e. The maximum atomic E-state index is 13.9. The van der Waals surface area contributed by atoms with Crippen LogP contribution in [-0.2, 0) is 6.54 Å². The minimum absolute atomic E-state index is 0.0451. The molecule has 0 spiro atoms. The number of amides is 1. The fourth-order valence-electron chi connectivity index (χ4n) is 3.79. The number of hydrogen-bond donors (Lipinski definition) is 2. The van der Waals surface area contributed by atoms with E-state index in [0.717, 1.165) is 44.5 Å². The predicted molar refractivity (Wildman–Crippen MR) is 131 cm³/mol. The zero-order valence-corrected chi connectivity index (χ0v) is 19.4. The first-order chi connectivity index (χ1) is 16.5. The maximum absolute atomic E-state index is 13.9. The van der Waals surface area contributed by atoms with Crippen molar-refractivity contribution in [2.24, 2.45) is 0 Å². The van der Waals surface area contributed by atoms with E-state index in [1.807, 2.05) is 36.4 Å². The van der Waals surface area contributed by atoms with Crippen LogP contribution in [0.2, 0.25) is 0 Å².